The van der Waals surface area contributed by atoms with Gasteiger partial charge in [-0.05, 0) is 55.2 Å². The van der Waals surface area contributed by atoms with Gasteiger partial charge in [0.15, 0.2) is 0 Å². The van der Waals surface area contributed by atoms with E-state index in [2.05, 4.69) is 5.32 Å². The van der Waals surface area contributed by atoms with Crippen LogP contribution in [0.4, 0.5) is 10.1 Å². The van der Waals surface area contributed by atoms with Crippen molar-refractivity contribution < 1.29 is 23.8 Å². The van der Waals surface area contributed by atoms with E-state index < -0.39 is 17.2 Å². The Bertz CT molecular complexity index is 843. The Balaban J connectivity index is 1.94. The minimum Gasteiger partial charge on any atom is -0.478 e. The van der Waals surface area contributed by atoms with Crippen molar-refractivity contribution in [3.05, 3.63) is 65.0 Å². The van der Waals surface area contributed by atoms with Gasteiger partial charge in [-0.15, -0.1) is 0 Å². The summed E-state index contributed by atoms with van der Waals surface area (Å²) in [6, 6.07) is 10.8. The van der Waals surface area contributed by atoms with Gasteiger partial charge in [0.1, 0.15) is 5.82 Å². The van der Waals surface area contributed by atoms with Crippen LogP contribution >= 0.6 is 0 Å². The van der Waals surface area contributed by atoms with E-state index in [1.807, 2.05) is 0 Å². The molecule has 2 aromatic carbocycles. The summed E-state index contributed by atoms with van der Waals surface area (Å²) in [5.74, 6) is -1.74. The largest absolute Gasteiger partial charge is 0.478 e. The van der Waals surface area contributed by atoms with Gasteiger partial charge in [0.2, 0.25) is 5.91 Å². The third-order valence-corrected chi connectivity index (χ3v) is 4.88. The molecule has 0 unspecified atom stereocenters. The summed E-state index contributed by atoms with van der Waals surface area (Å²) in [4.78, 5) is 24.4. The molecule has 1 heterocycles. The number of amides is 1. The zero-order valence-electron chi connectivity index (χ0n) is 14.4. The van der Waals surface area contributed by atoms with Crippen LogP contribution in [0.25, 0.3) is 0 Å². The van der Waals surface area contributed by atoms with Crippen molar-refractivity contribution >= 4 is 17.6 Å². The zero-order valence-corrected chi connectivity index (χ0v) is 14.4. The molecule has 26 heavy (non-hydrogen) atoms. The molecule has 136 valence electrons. The number of halogens is 1. The summed E-state index contributed by atoms with van der Waals surface area (Å²) in [6.45, 7) is 2.50. The van der Waals surface area contributed by atoms with E-state index in [1.54, 1.807) is 31.2 Å². The molecule has 0 bridgehead atoms. The van der Waals surface area contributed by atoms with Crippen LogP contribution in [0.15, 0.2) is 42.5 Å². The summed E-state index contributed by atoms with van der Waals surface area (Å²) in [7, 11) is 0. The number of hydrogen-bond acceptors (Lipinski definition) is 3. The van der Waals surface area contributed by atoms with Crippen LogP contribution in [-0.4, -0.2) is 30.2 Å². The molecular weight excluding hydrogens is 337 g/mol. The lowest BCUT2D eigenvalue weighted by molar-refractivity contribution is -0.125. The van der Waals surface area contributed by atoms with Crippen LogP contribution < -0.4 is 5.32 Å². The van der Waals surface area contributed by atoms with Gasteiger partial charge >= 0.3 is 5.97 Å². The molecule has 5 nitrogen and oxygen atoms in total. The van der Waals surface area contributed by atoms with Crippen LogP contribution in [0, 0.1) is 12.7 Å². The smallest absolute Gasteiger partial charge is 0.336 e. The summed E-state index contributed by atoms with van der Waals surface area (Å²) >= 11 is 0. The number of nitrogens with one attached hydrogen (secondary N) is 1. The fourth-order valence-corrected chi connectivity index (χ4v) is 3.33. The first-order valence-electron chi connectivity index (χ1n) is 8.41. The minimum atomic E-state index is -1.05. The first kappa shape index (κ1) is 18.1. The molecule has 0 atom stereocenters. The molecule has 2 N–H and O–H groups in total. The molecule has 1 saturated heterocycles. The molecule has 0 aliphatic carbocycles. The maximum atomic E-state index is 13.7. The summed E-state index contributed by atoms with van der Waals surface area (Å²) in [5.41, 5.74) is 0.842. The second-order valence-electron chi connectivity index (χ2n) is 6.49. The van der Waals surface area contributed by atoms with Gasteiger partial charge in [0.05, 0.1) is 11.0 Å². The van der Waals surface area contributed by atoms with E-state index >= 15 is 0 Å². The third-order valence-electron chi connectivity index (χ3n) is 4.88. The third kappa shape index (κ3) is 3.46. The number of aryl methyl sites for hydroxylation is 1. The van der Waals surface area contributed by atoms with Gasteiger partial charge in [-0.25, -0.2) is 9.18 Å². The van der Waals surface area contributed by atoms with Crippen LogP contribution in [0.1, 0.15) is 34.3 Å². The van der Waals surface area contributed by atoms with E-state index in [0.717, 1.165) is 0 Å². The number of carboxylic acids is 1. The first-order chi connectivity index (χ1) is 12.4. The van der Waals surface area contributed by atoms with Gasteiger partial charge in [0.25, 0.3) is 0 Å². The van der Waals surface area contributed by atoms with E-state index in [9.17, 15) is 19.1 Å². The van der Waals surface area contributed by atoms with Gasteiger partial charge in [-0.3, -0.25) is 4.79 Å². The minimum absolute atomic E-state index is 0.134. The van der Waals surface area contributed by atoms with Crippen molar-refractivity contribution in [2.75, 3.05) is 18.5 Å². The zero-order chi connectivity index (χ0) is 18.7. The lowest BCUT2D eigenvalue weighted by Gasteiger charge is -2.36. The second-order valence-corrected chi connectivity index (χ2v) is 6.49. The molecule has 0 aromatic heterocycles. The Morgan fingerprint density at radius 3 is 2.54 bits per heavy atom. The van der Waals surface area contributed by atoms with Crippen molar-refractivity contribution in [3.63, 3.8) is 0 Å². The maximum Gasteiger partial charge on any atom is 0.336 e. The first-order valence-corrected chi connectivity index (χ1v) is 8.41. The Morgan fingerprint density at radius 1 is 1.15 bits per heavy atom. The molecule has 1 aliphatic rings. The summed E-state index contributed by atoms with van der Waals surface area (Å²) < 4.78 is 19.1. The SMILES string of the molecule is Cc1ccc(NC(=O)C2(c3cccc(F)c3)CCOCC2)cc1C(=O)O. The van der Waals surface area contributed by atoms with Crippen molar-refractivity contribution in [2.24, 2.45) is 0 Å². The van der Waals surface area contributed by atoms with Crippen molar-refractivity contribution in [2.45, 2.75) is 25.2 Å². The molecule has 0 spiro atoms. The highest BCUT2D eigenvalue weighted by Crippen LogP contribution is 2.36. The van der Waals surface area contributed by atoms with Gasteiger partial charge < -0.3 is 15.2 Å². The number of carbonyl (C=O) groups is 2. The fraction of sp³-hybridized carbons (Fsp3) is 0.300. The van der Waals surface area contributed by atoms with Gasteiger partial charge in [0, 0.05) is 18.9 Å². The van der Waals surface area contributed by atoms with Crippen molar-refractivity contribution in [1.82, 2.24) is 0 Å². The summed E-state index contributed by atoms with van der Waals surface area (Å²) in [6.07, 6.45) is 0.861. The van der Waals surface area contributed by atoms with Crippen molar-refractivity contribution in [3.8, 4) is 0 Å². The number of carboxylic acid groups (broad SMARTS) is 1. The lowest BCUT2D eigenvalue weighted by atomic mass is 9.73. The number of rotatable bonds is 4. The number of hydrogen-bond donors (Lipinski definition) is 2. The van der Waals surface area contributed by atoms with Crippen LogP contribution in [0.3, 0.4) is 0 Å². The maximum absolute atomic E-state index is 13.7. The monoisotopic (exact) mass is 357 g/mol. The topological polar surface area (TPSA) is 75.6 Å². The number of aromatic carboxylic acids is 1. The fourth-order valence-electron chi connectivity index (χ4n) is 3.33. The van der Waals surface area contributed by atoms with Crippen LogP contribution in [0.5, 0.6) is 0 Å². The lowest BCUT2D eigenvalue weighted by Crippen LogP contribution is -2.45. The normalized spacial score (nSPS) is 16.1. The molecule has 2 aromatic rings. The quantitative estimate of drug-likeness (QED) is 0.878. The summed E-state index contributed by atoms with van der Waals surface area (Å²) in [5, 5.41) is 12.1. The Morgan fingerprint density at radius 2 is 1.88 bits per heavy atom. The molecule has 1 amide bonds. The number of ether oxygens (including phenoxy) is 1. The van der Waals surface area contributed by atoms with Crippen LogP contribution in [0.2, 0.25) is 0 Å². The number of anilines is 1. The predicted octanol–water partition coefficient (Wildman–Crippen LogP) is 3.52. The van der Waals surface area contributed by atoms with E-state index in [0.29, 0.717) is 42.9 Å². The molecule has 0 radical (unpaired) electrons. The van der Waals surface area contributed by atoms with E-state index in [-0.39, 0.29) is 11.5 Å². The average molecular weight is 357 g/mol. The highest BCUT2D eigenvalue weighted by atomic mass is 19.1. The van der Waals surface area contributed by atoms with Crippen LogP contribution in [-0.2, 0) is 14.9 Å². The van der Waals surface area contributed by atoms with Gasteiger partial charge in [-0.2, -0.15) is 0 Å². The average Bonchev–Trinajstić information content (AvgIpc) is 2.63. The molecule has 0 saturated carbocycles. The highest BCUT2D eigenvalue weighted by molar-refractivity contribution is 6.00. The molecule has 3 rings (SSSR count). The Hall–Kier alpha value is -2.73. The molecular formula is C20H20FNO4. The van der Waals surface area contributed by atoms with E-state index in [4.69, 9.17) is 4.74 Å². The van der Waals surface area contributed by atoms with Gasteiger partial charge in [-0.1, -0.05) is 18.2 Å². The molecule has 1 fully saturated rings. The van der Waals surface area contributed by atoms with Crippen molar-refractivity contribution in [1.29, 1.82) is 0 Å². The standard InChI is InChI=1S/C20H20FNO4/c1-13-5-6-16(12-17(13)18(23)24)22-19(25)20(7-9-26-10-8-20)14-3-2-4-15(21)11-14/h2-6,11-12H,7-10H2,1H3,(H,22,25)(H,23,24). The number of carbonyl (C=O) groups excluding carboxylic acids is 1. The number of benzene rings is 2. The Kier molecular flexibility index (Phi) is 5.04. The predicted molar refractivity (Wildman–Crippen MR) is 94.9 cm³/mol. The molecule has 6 heteroatoms. The Labute approximate surface area is 150 Å². The molecule has 1 aliphatic heterocycles. The van der Waals surface area contributed by atoms with E-state index in [1.165, 1.54) is 18.2 Å². The second kappa shape index (κ2) is 7.25. The highest BCUT2D eigenvalue weighted by Gasteiger charge is 2.42.